The molecule has 0 bridgehead atoms. The van der Waals surface area contributed by atoms with Gasteiger partial charge in [-0.2, -0.15) is 5.26 Å². The first kappa shape index (κ1) is 24.0. The Morgan fingerprint density at radius 2 is 2.03 bits per heavy atom. The minimum absolute atomic E-state index is 0.0983. The number of carbonyl (C=O) groups excluding carboxylic acids is 1. The van der Waals surface area contributed by atoms with E-state index in [2.05, 4.69) is 15.5 Å². The summed E-state index contributed by atoms with van der Waals surface area (Å²) in [5.41, 5.74) is 2.19. The Hall–Kier alpha value is -4.13. The van der Waals surface area contributed by atoms with Crippen molar-refractivity contribution in [2.75, 3.05) is 12.4 Å². The lowest BCUT2D eigenvalue weighted by molar-refractivity contribution is -0.112. The van der Waals surface area contributed by atoms with Crippen LogP contribution >= 0.6 is 22.9 Å². The first-order valence-corrected chi connectivity index (χ1v) is 11.6. The molecule has 0 aliphatic carbocycles. The Labute approximate surface area is 211 Å². The lowest BCUT2D eigenvalue weighted by Crippen LogP contribution is -2.13. The van der Waals surface area contributed by atoms with Gasteiger partial charge in [-0.1, -0.05) is 41.1 Å². The number of aromatic nitrogens is 3. The summed E-state index contributed by atoms with van der Waals surface area (Å²) in [5.74, 6) is 0.751. The van der Waals surface area contributed by atoms with Crippen LogP contribution < -0.4 is 14.8 Å². The molecule has 4 rings (SSSR count). The van der Waals surface area contributed by atoms with Gasteiger partial charge >= 0.3 is 0 Å². The minimum atomic E-state index is -0.596. The second kappa shape index (κ2) is 10.9. The number of benzene rings is 2. The number of anilines is 1. The molecule has 1 amide bonds. The fourth-order valence-corrected chi connectivity index (χ4v) is 4.08. The molecule has 0 aliphatic heterocycles. The van der Waals surface area contributed by atoms with Crippen molar-refractivity contribution in [3.8, 4) is 23.3 Å². The molecule has 0 atom stereocenters. The Morgan fingerprint density at radius 1 is 1.20 bits per heavy atom. The third-order valence-corrected chi connectivity index (χ3v) is 6.02. The Balaban J connectivity index is 1.49. The highest BCUT2D eigenvalue weighted by Crippen LogP contribution is 2.28. The lowest BCUT2D eigenvalue weighted by atomic mass is 10.2. The second-order valence-corrected chi connectivity index (χ2v) is 8.80. The molecule has 2 aromatic carbocycles. The van der Waals surface area contributed by atoms with Gasteiger partial charge in [0.25, 0.3) is 5.91 Å². The van der Waals surface area contributed by atoms with E-state index in [1.807, 2.05) is 37.3 Å². The van der Waals surface area contributed by atoms with E-state index in [-0.39, 0.29) is 17.3 Å². The second-order valence-electron chi connectivity index (χ2n) is 7.30. The number of para-hydroxylation sites is 1. The lowest BCUT2D eigenvalue weighted by Gasteiger charge is -2.12. The summed E-state index contributed by atoms with van der Waals surface area (Å²) in [6.07, 6.45) is 3.28. The van der Waals surface area contributed by atoms with E-state index in [4.69, 9.17) is 21.1 Å². The highest BCUT2D eigenvalue weighted by atomic mass is 35.5. The molecule has 8 nitrogen and oxygen atoms in total. The number of methoxy groups -OCH3 is 1. The molecular weight excluding hydrogens is 486 g/mol. The first-order chi connectivity index (χ1) is 17.0. The van der Waals surface area contributed by atoms with Gasteiger partial charge in [0.1, 0.15) is 29.7 Å². The number of amides is 1. The van der Waals surface area contributed by atoms with Crippen molar-refractivity contribution in [2.45, 2.75) is 13.5 Å². The van der Waals surface area contributed by atoms with E-state index in [0.29, 0.717) is 27.2 Å². The van der Waals surface area contributed by atoms with Crippen molar-refractivity contribution in [3.63, 3.8) is 0 Å². The number of hydrogen-bond acceptors (Lipinski definition) is 7. The molecule has 2 heterocycles. The number of nitriles is 1. The van der Waals surface area contributed by atoms with Crippen molar-refractivity contribution >= 4 is 40.1 Å². The molecular formula is C25H20ClN5O3S. The first-order valence-electron chi connectivity index (χ1n) is 10.4. The topological polar surface area (TPSA) is 102 Å². The molecule has 0 radical (unpaired) electrons. The molecule has 0 fully saturated rings. The Kier molecular flexibility index (Phi) is 7.45. The molecule has 2 aromatic heterocycles. The van der Waals surface area contributed by atoms with Gasteiger partial charge in [0.2, 0.25) is 5.13 Å². The molecule has 1 N–H and O–H groups in total. The van der Waals surface area contributed by atoms with Crippen LogP contribution in [0.15, 0.2) is 66.4 Å². The van der Waals surface area contributed by atoms with E-state index in [9.17, 15) is 10.1 Å². The summed E-state index contributed by atoms with van der Waals surface area (Å²) in [4.78, 5) is 12.8. The smallest absolute Gasteiger partial charge is 0.268 e. The number of rotatable bonds is 8. The summed E-state index contributed by atoms with van der Waals surface area (Å²) in [7, 11) is 1.56. The van der Waals surface area contributed by atoms with Crippen LogP contribution in [0.2, 0.25) is 5.02 Å². The van der Waals surface area contributed by atoms with Gasteiger partial charge in [-0.05, 0) is 55.0 Å². The average Bonchev–Trinajstić information content (AvgIpc) is 3.51. The van der Waals surface area contributed by atoms with E-state index in [0.717, 1.165) is 11.3 Å². The number of ether oxygens (including phenoxy) is 2. The molecule has 4 aromatic rings. The van der Waals surface area contributed by atoms with E-state index in [1.165, 1.54) is 17.4 Å². The maximum atomic E-state index is 12.8. The fourth-order valence-electron chi connectivity index (χ4n) is 3.26. The van der Waals surface area contributed by atoms with E-state index in [1.54, 1.807) is 48.2 Å². The molecule has 0 unspecified atom stereocenters. The summed E-state index contributed by atoms with van der Waals surface area (Å²) in [6.45, 7) is 2.17. The third-order valence-electron chi connectivity index (χ3n) is 4.97. The van der Waals surface area contributed by atoms with Crippen molar-refractivity contribution in [1.29, 1.82) is 5.26 Å². The monoisotopic (exact) mass is 505 g/mol. The zero-order valence-corrected chi connectivity index (χ0v) is 20.4. The van der Waals surface area contributed by atoms with Gasteiger partial charge in [-0.25, -0.2) is 0 Å². The maximum absolute atomic E-state index is 12.8. The normalized spacial score (nSPS) is 11.1. The Bertz CT molecular complexity index is 1440. The molecule has 0 saturated carbocycles. The molecule has 0 aliphatic rings. The minimum Gasteiger partial charge on any atom is -0.495 e. The van der Waals surface area contributed by atoms with Crippen LogP contribution in [0.3, 0.4) is 0 Å². The summed E-state index contributed by atoms with van der Waals surface area (Å²) >= 11 is 7.34. The predicted molar refractivity (Wildman–Crippen MR) is 135 cm³/mol. The van der Waals surface area contributed by atoms with Crippen molar-refractivity contribution < 1.29 is 14.3 Å². The van der Waals surface area contributed by atoms with Crippen molar-refractivity contribution in [1.82, 2.24) is 14.8 Å². The maximum Gasteiger partial charge on any atom is 0.268 e. The Morgan fingerprint density at radius 3 is 2.80 bits per heavy atom. The SMILES string of the molecule is COc1ccc(Cl)cc1-n1cccc1/C=C(/C#N)C(=O)Nc1nnc(COc2ccccc2C)s1. The van der Waals surface area contributed by atoms with Crippen LogP contribution in [0.25, 0.3) is 11.8 Å². The van der Waals surface area contributed by atoms with Crippen LogP contribution in [0.1, 0.15) is 16.3 Å². The van der Waals surface area contributed by atoms with Gasteiger partial charge in [-0.15, -0.1) is 10.2 Å². The zero-order chi connectivity index (χ0) is 24.8. The van der Waals surface area contributed by atoms with Gasteiger partial charge in [0.05, 0.1) is 12.8 Å². The highest BCUT2D eigenvalue weighted by Gasteiger charge is 2.15. The van der Waals surface area contributed by atoms with Gasteiger partial charge in [-0.3, -0.25) is 10.1 Å². The fraction of sp³-hybridized carbons (Fsp3) is 0.120. The number of carbonyl (C=O) groups is 1. The quantitative estimate of drug-likeness (QED) is 0.253. The largest absolute Gasteiger partial charge is 0.495 e. The van der Waals surface area contributed by atoms with Crippen LogP contribution in [-0.4, -0.2) is 27.8 Å². The van der Waals surface area contributed by atoms with Crippen molar-refractivity contribution in [3.05, 3.63) is 87.7 Å². The van der Waals surface area contributed by atoms with Crippen LogP contribution in [0.5, 0.6) is 11.5 Å². The standard InChI is InChI=1S/C25H20ClN5O3S/c1-16-6-3-4-8-21(16)34-15-23-29-30-25(35-23)28-24(32)17(14-27)12-19-7-5-11-31(19)20-13-18(26)9-10-22(20)33-2/h3-13H,15H2,1-2H3,(H,28,30,32)/b17-12-. The van der Waals surface area contributed by atoms with Gasteiger partial charge < -0.3 is 14.0 Å². The molecule has 10 heteroatoms. The highest BCUT2D eigenvalue weighted by molar-refractivity contribution is 7.15. The molecule has 0 saturated heterocycles. The van der Waals surface area contributed by atoms with Crippen molar-refractivity contribution in [2.24, 2.45) is 0 Å². The summed E-state index contributed by atoms with van der Waals surface area (Å²) in [6, 6.07) is 18.4. The average molecular weight is 506 g/mol. The van der Waals surface area contributed by atoms with Crippen LogP contribution in [-0.2, 0) is 11.4 Å². The summed E-state index contributed by atoms with van der Waals surface area (Å²) < 4.78 is 13.0. The number of nitrogens with zero attached hydrogens (tertiary/aromatic N) is 4. The molecule has 35 heavy (non-hydrogen) atoms. The van der Waals surface area contributed by atoms with Crippen LogP contribution in [0, 0.1) is 18.3 Å². The number of halogens is 1. The van der Waals surface area contributed by atoms with E-state index < -0.39 is 5.91 Å². The molecule has 0 spiro atoms. The number of hydrogen-bond donors (Lipinski definition) is 1. The molecule has 176 valence electrons. The zero-order valence-electron chi connectivity index (χ0n) is 18.9. The van der Waals surface area contributed by atoms with Crippen LogP contribution in [0.4, 0.5) is 5.13 Å². The number of nitrogens with one attached hydrogen (secondary N) is 1. The number of aryl methyl sites for hydroxylation is 1. The third kappa shape index (κ3) is 5.69. The van der Waals surface area contributed by atoms with Gasteiger partial charge in [0.15, 0.2) is 5.01 Å². The predicted octanol–water partition coefficient (Wildman–Crippen LogP) is 5.42. The summed E-state index contributed by atoms with van der Waals surface area (Å²) in [5, 5.41) is 21.7. The van der Waals surface area contributed by atoms with E-state index >= 15 is 0 Å². The van der Waals surface area contributed by atoms with Gasteiger partial charge in [0, 0.05) is 16.9 Å².